The molecule has 3 heteroatoms. The van der Waals surface area contributed by atoms with E-state index < -0.39 is 0 Å². The molecule has 0 spiro atoms. The van der Waals surface area contributed by atoms with E-state index in [-0.39, 0.29) is 32.2 Å². The zero-order valence-electron chi connectivity index (χ0n) is 16.4. The van der Waals surface area contributed by atoms with E-state index >= 15 is 0 Å². The molecule has 0 atom stereocenters. The maximum Gasteiger partial charge on any atom is -0.0809 e. The molecule has 0 radical (unpaired) electrons. The minimum atomic E-state index is 0. The number of hydrogen-bond donors (Lipinski definition) is 0. The number of halogens is 2. The Morgan fingerprint density at radius 2 is 0.966 bits per heavy atom. The van der Waals surface area contributed by atoms with Gasteiger partial charge in [0.25, 0.3) is 0 Å². The molecule has 5 aromatic carbocycles. The normalized spacial score (nSPS) is 8.66. The van der Waals surface area contributed by atoms with Gasteiger partial charge in [-0.3, -0.25) is 0 Å². The smallest absolute Gasteiger partial charge is 0.0809 e. The Bertz CT molecular complexity index is 935. The van der Waals surface area contributed by atoms with Gasteiger partial charge in [0.05, 0.1) is 0 Å². The van der Waals surface area contributed by atoms with Crippen molar-refractivity contribution in [3.8, 4) is 0 Å². The zero-order valence-corrected chi connectivity index (χ0v) is 19.6. The van der Waals surface area contributed by atoms with Crippen molar-refractivity contribution in [1.82, 2.24) is 0 Å². The van der Waals surface area contributed by atoms with Crippen LogP contribution in [-0.2, 0) is 20.0 Å². The average molecular weight is 456 g/mol. The first-order valence-electron chi connectivity index (χ1n) is 8.63. The second-order valence-corrected chi connectivity index (χ2v) is 6.32. The first-order valence-corrected chi connectivity index (χ1v) is 9.53. The molecule has 150 valence electrons. The summed E-state index contributed by atoms with van der Waals surface area (Å²) in [5.41, 5.74) is 1.28. The van der Waals surface area contributed by atoms with Crippen molar-refractivity contribution >= 4 is 50.7 Å². The van der Waals surface area contributed by atoms with Crippen molar-refractivity contribution in [2.45, 2.75) is 0 Å². The molecule has 5 aromatic rings. The molecule has 0 heterocycles. The molecule has 0 aliphatic rings. The average Bonchev–Trinajstić information content (AvgIpc) is 3.38. The molecular formula is C26H25Cl2Ti-3. The Hall–Kier alpha value is -1.96. The van der Waals surface area contributed by atoms with E-state index in [2.05, 4.69) is 101 Å². The third kappa shape index (κ3) is 8.52. The molecule has 0 aliphatic heterocycles. The van der Waals surface area contributed by atoms with Gasteiger partial charge < -0.3 is 7.43 Å². The molecule has 0 saturated heterocycles. The Morgan fingerprint density at radius 1 is 0.552 bits per heavy atom. The van der Waals surface area contributed by atoms with Gasteiger partial charge in [-0.15, -0.1) is 84.1 Å². The summed E-state index contributed by atoms with van der Waals surface area (Å²) in [6, 6.07) is 39.6. The summed E-state index contributed by atoms with van der Waals surface area (Å²) in [7, 11) is 0. The summed E-state index contributed by atoms with van der Waals surface area (Å²) < 4.78 is 2.08. The first-order chi connectivity index (χ1) is 12.9. The third-order valence-corrected chi connectivity index (χ3v) is 4.58. The SMILES string of the molecule is Cl.Cl.[CH3-].[Ti]=[CH]c1ccccc1.c1ccc2[cH-]ccc2c1.c1ccc2[cH-]ccc2c1. The van der Waals surface area contributed by atoms with Gasteiger partial charge in [-0.25, -0.2) is 0 Å². The van der Waals surface area contributed by atoms with E-state index in [9.17, 15) is 0 Å². The van der Waals surface area contributed by atoms with Gasteiger partial charge in [0.2, 0.25) is 0 Å². The van der Waals surface area contributed by atoms with Crippen LogP contribution in [0.4, 0.5) is 0 Å². The van der Waals surface area contributed by atoms with Gasteiger partial charge in [0.1, 0.15) is 0 Å². The van der Waals surface area contributed by atoms with Crippen molar-refractivity contribution in [3.63, 3.8) is 0 Å². The molecular weight excluding hydrogens is 431 g/mol. The van der Waals surface area contributed by atoms with E-state index in [4.69, 9.17) is 0 Å². The fourth-order valence-electron chi connectivity index (χ4n) is 2.69. The first kappa shape index (κ1) is 27.0. The van der Waals surface area contributed by atoms with Crippen molar-refractivity contribution in [2.24, 2.45) is 0 Å². The van der Waals surface area contributed by atoms with Crippen molar-refractivity contribution in [2.75, 3.05) is 0 Å². The molecule has 0 aliphatic carbocycles. The molecule has 0 amide bonds. The predicted molar refractivity (Wildman–Crippen MR) is 132 cm³/mol. The van der Waals surface area contributed by atoms with Crippen LogP contribution >= 0.6 is 24.8 Å². The summed E-state index contributed by atoms with van der Waals surface area (Å²) in [4.78, 5) is 0. The fraction of sp³-hybridized carbons (Fsp3) is 0. The minimum Gasteiger partial charge on any atom is -0.168 e. The van der Waals surface area contributed by atoms with Crippen LogP contribution in [0.3, 0.4) is 0 Å². The third-order valence-electron chi connectivity index (χ3n) is 4.06. The van der Waals surface area contributed by atoms with Crippen LogP contribution in [0.25, 0.3) is 21.5 Å². The quantitative estimate of drug-likeness (QED) is 0.178. The van der Waals surface area contributed by atoms with Gasteiger partial charge in [-0.2, -0.15) is 35.0 Å². The van der Waals surface area contributed by atoms with Crippen molar-refractivity contribution < 1.29 is 20.0 Å². The molecule has 0 saturated carbocycles. The molecule has 0 nitrogen and oxygen atoms in total. The molecule has 0 N–H and O–H groups in total. The van der Waals surface area contributed by atoms with Crippen molar-refractivity contribution in [3.05, 3.63) is 128 Å². The Balaban J connectivity index is 0.000000387. The monoisotopic (exact) mass is 455 g/mol. The summed E-state index contributed by atoms with van der Waals surface area (Å²) in [5, 5.41) is 5.32. The predicted octanol–water partition coefficient (Wildman–Crippen LogP) is 7.79. The topological polar surface area (TPSA) is 0 Å². The van der Waals surface area contributed by atoms with Gasteiger partial charge >= 0.3 is 60.2 Å². The minimum absolute atomic E-state index is 0. The summed E-state index contributed by atoms with van der Waals surface area (Å²) in [5.74, 6) is 0. The van der Waals surface area contributed by atoms with Crippen molar-refractivity contribution in [1.29, 1.82) is 0 Å². The van der Waals surface area contributed by atoms with E-state index in [0.717, 1.165) is 0 Å². The van der Waals surface area contributed by atoms with E-state index in [0.29, 0.717) is 0 Å². The van der Waals surface area contributed by atoms with Gasteiger partial charge in [-0.1, -0.05) is 12.1 Å². The largest absolute Gasteiger partial charge is 0.168 e. The van der Waals surface area contributed by atoms with Crippen LogP contribution in [0.1, 0.15) is 5.56 Å². The zero-order chi connectivity index (χ0) is 18.0. The molecule has 5 rings (SSSR count). The van der Waals surface area contributed by atoms with Gasteiger partial charge in [-0.05, 0) is 0 Å². The maximum absolute atomic E-state index is 2.12. The molecule has 0 bridgehead atoms. The van der Waals surface area contributed by atoms with Crippen LogP contribution < -0.4 is 0 Å². The number of rotatable bonds is 1. The van der Waals surface area contributed by atoms with Crippen LogP contribution in [0.15, 0.2) is 115 Å². The Kier molecular flexibility index (Phi) is 14.0. The van der Waals surface area contributed by atoms with E-state index in [1.807, 2.05) is 38.2 Å². The molecule has 29 heavy (non-hydrogen) atoms. The fourth-order valence-corrected chi connectivity index (χ4v) is 2.99. The maximum atomic E-state index is 2.12. The van der Waals surface area contributed by atoms with Crippen LogP contribution in [0.5, 0.6) is 0 Å². The molecule has 0 unspecified atom stereocenters. The van der Waals surface area contributed by atoms with Crippen LogP contribution in [0.2, 0.25) is 0 Å². The van der Waals surface area contributed by atoms with E-state index in [1.165, 1.54) is 27.1 Å². The molecule has 0 aromatic heterocycles. The van der Waals surface area contributed by atoms with Crippen LogP contribution in [-0.4, -0.2) is 4.31 Å². The summed E-state index contributed by atoms with van der Waals surface area (Å²) in [6.45, 7) is 0. The number of hydrogen-bond acceptors (Lipinski definition) is 0. The van der Waals surface area contributed by atoms with Crippen LogP contribution in [0, 0.1) is 7.43 Å². The summed E-state index contributed by atoms with van der Waals surface area (Å²) >= 11 is 2.04. The number of fused-ring (bicyclic) bond motifs is 2. The summed E-state index contributed by atoms with van der Waals surface area (Å²) in [6.07, 6.45) is 0. The Labute approximate surface area is 198 Å². The molecule has 0 fully saturated rings. The number of benzene rings is 3. The van der Waals surface area contributed by atoms with Gasteiger partial charge in [0.15, 0.2) is 0 Å². The second-order valence-electron chi connectivity index (χ2n) is 5.86. The second kappa shape index (κ2) is 15.0. The standard InChI is InChI=1S/2C9H7.C7H6.CH3.2ClH.Ti/c2*1-2-5-9-7-3-6-8(9)4-1;1-7-5-3-2-4-6-7;;;;/h2*1-7H;1-6H;1H3;2*1H;/q2*-1;;-1;;;. The van der Waals surface area contributed by atoms with E-state index in [1.54, 1.807) is 0 Å². The Morgan fingerprint density at radius 3 is 1.34 bits per heavy atom. The van der Waals surface area contributed by atoms with Gasteiger partial charge in [0, 0.05) is 0 Å².